The molecule has 2 bridgehead atoms. The van der Waals surface area contributed by atoms with Crippen LogP contribution in [0.4, 0.5) is 0 Å². The molecule has 2 fully saturated rings. The Morgan fingerprint density at radius 2 is 2.12 bits per heavy atom. The van der Waals surface area contributed by atoms with Crippen LogP contribution in [-0.4, -0.2) is 24.4 Å². The van der Waals surface area contributed by atoms with E-state index < -0.39 is 0 Å². The van der Waals surface area contributed by atoms with Gasteiger partial charge in [-0.15, -0.1) is 0 Å². The maximum absolute atomic E-state index is 9.96. The fraction of sp³-hybridized carbons (Fsp3) is 1.00. The molecule has 16 heavy (non-hydrogen) atoms. The van der Waals surface area contributed by atoms with Gasteiger partial charge in [0.15, 0.2) is 0 Å². The normalized spacial score (nSPS) is 34.5. The van der Waals surface area contributed by atoms with Gasteiger partial charge in [0, 0.05) is 13.2 Å². The molecule has 0 radical (unpaired) electrons. The van der Waals surface area contributed by atoms with Crippen molar-refractivity contribution in [2.45, 2.75) is 58.0 Å². The third-order valence-corrected chi connectivity index (χ3v) is 4.40. The van der Waals surface area contributed by atoms with Crippen molar-refractivity contribution in [2.24, 2.45) is 17.8 Å². The monoisotopic (exact) mass is 226 g/mol. The molecule has 0 amide bonds. The van der Waals surface area contributed by atoms with Crippen LogP contribution in [0.25, 0.3) is 0 Å². The quantitative estimate of drug-likeness (QED) is 0.676. The van der Waals surface area contributed by atoms with Crippen molar-refractivity contribution in [1.82, 2.24) is 0 Å². The van der Waals surface area contributed by atoms with E-state index in [4.69, 9.17) is 4.74 Å². The number of aliphatic hydroxyl groups excluding tert-OH is 1. The van der Waals surface area contributed by atoms with E-state index in [2.05, 4.69) is 6.92 Å². The van der Waals surface area contributed by atoms with Crippen molar-refractivity contribution < 1.29 is 9.84 Å². The van der Waals surface area contributed by atoms with E-state index >= 15 is 0 Å². The highest BCUT2D eigenvalue weighted by atomic mass is 16.5. The minimum atomic E-state index is -0.124. The Bertz CT molecular complexity index is 205. The molecule has 2 rings (SSSR count). The van der Waals surface area contributed by atoms with E-state index in [1.54, 1.807) is 0 Å². The zero-order chi connectivity index (χ0) is 11.4. The molecule has 0 aromatic rings. The average Bonchev–Trinajstić information content (AvgIpc) is 2.86. The van der Waals surface area contributed by atoms with Crippen LogP contribution in [0.3, 0.4) is 0 Å². The standard InChI is InChI=1S/C14H26O2/c1-2-6-16-7-5-14(15)10-13-9-11-3-4-12(13)8-11/h11-15H,2-10H2,1H3. The summed E-state index contributed by atoms with van der Waals surface area (Å²) in [5, 5.41) is 9.96. The Hall–Kier alpha value is -0.0800. The van der Waals surface area contributed by atoms with Gasteiger partial charge in [-0.05, 0) is 56.3 Å². The van der Waals surface area contributed by atoms with Crippen LogP contribution in [0, 0.1) is 17.8 Å². The van der Waals surface area contributed by atoms with E-state index in [1.807, 2.05) is 0 Å². The molecule has 0 aliphatic heterocycles. The average molecular weight is 226 g/mol. The van der Waals surface area contributed by atoms with Crippen molar-refractivity contribution >= 4 is 0 Å². The Balaban J connectivity index is 1.58. The molecule has 2 heteroatoms. The number of fused-ring (bicyclic) bond motifs is 2. The summed E-state index contributed by atoms with van der Waals surface area (Å²) in [5.74, 6) is 2.76. The lowest BCUT2D eigenvalue weighted by Crippen LogP contribution is -2.20. The molecule has 4 unspecified atom stereocenters. The first-order valence-electron chi connectivity index (χ1n) is 7.05. The lowest BCUT2D eigenvalue weighted by Gasteiger charge is -2.24. The largest absolute Gasteiger partial charge is 0.393 e. The second-order valence-electron chi connectivity index (χ2n) is 5.73. The summed E-state index contributed by atoms with van der Waals surface area (Å²) in [6, 6.07) is 0. The van der Waals surface area contributed by atoms with Gasteiger partial charge < -0.3 is 9.84 Å². The summed E-state index contributed by atoms with van der Waals surface area (Å²) in [6.45, 7) is 3.68. The van der Waals surface area contributed by atoms with Crippen LogP contribution < -0.4 is 0 Å². The molecule has 2 aliphatic carbocycles. The van der Waals surface area contributed by atoms with Crippen molar-refractivity contribution in [3.05, 3.63) is 0 Å². The van der Waals surface area contributed by atoms with Crippen molar-refractivity contribution in [3.63, 3.8) is 0 Å². The van der Waals surface area contributed by atoms with Crippen molar-refractivity contribution in [3.8, 4) is 0 Å². The number of aliphatic hydroxyl groups is 1. The first kappa shape index (κ1) is 12.4. The van der Waals surface area contributed by atoms with Gasteiger partial charge in [0.1, 0.15) is 0 Å². The summed E-state index contributed by atoms with van der Waals surface area (Å²) < 4.78 is 5.42. The Morgan fingerprint density at radius 3 is 2.75 bits per heavy atom. The molecular weight excluding hydrogens is 200 g/mol. The molecule has 4 atom stereocenters. The summed E-state index contributed by atoms with van der Waals surface area (Å²) >= 11 is 0. The molecule has 2 aliphatic rings. The molecule has 0 spiro atoms. The third kappa shape index (κ3) is 3.21. The second kappa shape index (κ2) is 6.02. The van der Waals surface area contributed by atoms with Crippen LogP contribution in [0.15, 0.2) is 0 Å². The lowest BCUT2D eigenvalue weighted by atomic mass is 9.84. The molecule has 0 aromatic heterocycles. The summed E-state index contributed by atoms with van der Waals surface area (Å²) in [5.41, 5.74) is 0. The van der Waals surface area contributed by atoms with Gasteiger partial charge in [0.05, 0.1) is 6.10 Å². The minimum Gasteiger partial charge on any atom is -0.393 e. The third-order valence-electron chi connectivity index (χ3n) is 4.40. The predicted octanol–water partition coefficient (Wildman–Crippen LogP) is 2.99. The number of ether oxygens (including phenoxy) is 1. The maximum atomic E-state index is 9.96. The number of hydrogen-bond acceptors (Lipinski definition) is 2. The minimum absolute atomic E-state index is 0.124. The van der Waals surface area contributed by atoms with E-state index in [-0.39, 0.29) is 6.10 Å². The Kier molecular flexibility index (Phi) is 4.66. The van der Waals surface area contributed by atoms with Gasteiger partial charge in [0.25, 0.3) is 0 Å². The van der Waals surface area contributed by atoms with Crippen LogP contribution in [0.1, 0.15) is 51.9 Å². The maximum Gasteiger partial charge on any atom is 0.0565 e. The van der Waals surface area contributed by atoms with Gasteiger partial charge in [-0.1, -0.05) is 13.3 Å². The van der Waals surface area contributed by atoms with Gasteiger partial charge in [-0.2, -0.15) is 0 Å². The van der Waals surface area contributed by atoms with E-state index in [1.165, 1.54) is 25.7 Å². The SMILES string of the molecule is CCCOCCC(O)CC1CC2CCC1C2. The Labute approximate surface area is 99.4 Å². The number of rotatable bonds is 7. The molecule has 2 saturated carbocycles. The summed E-state index contributed by atoms with van der Waals surface area (Å²) in [4.78, 5) is 0. The van der Waals surface area contributed by atoms with Crippen molar-refractivity contribution in [1.29, 1.82) is 0 Å². The molecule has 0 aromatic carbocycles. The fourth-order valence-corrected chi connectivity index (χ4v) is 3.60. The lowest BCUT2D eigenvalue weighted by molar-refractivity contribution is 0.0639. The first-order valence-corrected chi connectivity index (χ1v) is 7.05. The van der Waals surface area contributed by atoms with Crippen LogP contribution in [0.5, 0.6) is 0 Å². The first-order chi connectivity index (χ1) is 7.79. The van der Waals surface area contributed by atoms with E-state index in [9.17, 15) is 5.11 Å². The second-order valence-corrected chi connectivity index (χ2v) is 5.73. The molecule has 94 valence electrons. The molecular formula is C14H26O2. The van der Waals surface area contributed by atoms with Gasteiger partial charge in [-0.3, -0.25) is 0 Å². The zero-order valence-corrected chi connectivity index (χ0v) is 10.5. The highest BCUT2D eigenvalue weighted by Gasteiger charge is 2.39. The van der Waals surface area contributed by atoms with Gasteiger partial charge in [-0.25, -0.2) is 0 Å². The molecule has 2 nitrogen and oxygen atoms in total. The smallest absolute Gasteiger partial charge is 0.0565 e. The van der Waals surface area contributed by atoms with E-state index in [0.717, 1.165) is 50.2 Å². The number of hydrogen-bond donors (Lipinski definition) is 1. The topological polar surface area (TPSA) is 29.5 Å². The highest BCUT2D eigenvalue weighted by Crippen LogP contribution is 2.49. The van der Waals surface area contributed by atoms with Gasteiger partial charge >= 0.3 is 0 Å². The van der Waals surface area contributed by atoms with Crippen molar-refractivity contribution in [2.75, 3.05) is 13.2 Å². The molecule has 0 saturated heterocycles. The van der Waals surface area contributed by atoms with Gasteiger partial charge in [0.2, 0.25) is 0 Å². The molecule has 0 heterocycles. The Morgan fingerprint density at radius 1 is 1.25 bits per heavy atom. The molecule has 1 N–H and O–H groups in total. The van der Waals surface area contributed by atoms with Crippen LogP contribution >= 0.6 is 0 Å². The van der Waals surface area contributed by atoms with Crippen LogP contribution in [-0.2, 0) is 4.74 Å². The summed E-state index contributed by atoms with van der Waals surface area (Å²) in [7, 11) is 0. The van der Waals surface area contributed by atoms with Crippen LogP contribution in [0.2, 0.25) is 0 Å². The van der Waals surface area contributed by atoms with E-state index in [0.29, 0.717) is 0 Å². The zero-order valence-electron chi connectivity index (χ0n) is 10.5. The predicted molar refractivity (Wildman–Crippen MR) is 65.3 cm³/mol. The fourth-order valence-electron chi connectivity index (χ4n) is 3.60. The summed E-state index contributed by atoms with van der Waals surface area (Å²) in [6.07, 6.45) is 8.51. The highest BCUT2D eigenvalue weighted by molar-refractivity contribution is 4.90.